The first-order chi connectivity index (χ1) is 8.83. The number of aromatic nitrogens is 1. The molecule has 3 rings (SSSR count). The van der Waals surface area contributed by atoms with E-state index >= 15 is 0 Å². The summed E-state index contributed by atoms with van der Waals surface area (Å²) in [5, 5.41) is 9.73. The summed E-state index contributed by atoms with van der Waals surface area (Å²) in [6, 6.07) is 9.80. The van der Waals surface area contributed by atoms with Crippen LogP contribution in [0.2, 0.25) is 0 Å². The average molecular weight is 241 g/mol. The topological polar surface area (TPSA) is 42.4 Å². The lowest BCUT2D eigenvalue weighted by Crippen LogP contribution is -1.97. The number of aryl methyl sites for hydroxylation is 1. The van der Waals surface area contributed by atoms with Crippen molar-refractivity contribution in [1.29, 1.82) is 0 Å². The summed E-state index contributed by atoms with van der Waals surface area (Å²) in [4.78, 5) is 4.05. The van der Waals surface area contributed by atoms with Crippen LogP contribution in [0.25, 0.3) is 0 Å². The maximum Gasteiger partial charge on any atom is 0.120 e. The van der Waals surface area contributed by atoms with Gasteiger partial charge >= 0.3 is 0 Å². The third kappa shape index (κ3) is 2.22. The molecule has 0 amide bonds. The number of nitrogens with zero attached hydrogens (tertiary/aromatic N) is 1. The Bertz CT molecular complexity index is 539. The Hall–Kier alpha value is -1.87. The van der Waals surface area contributed by atoms with Gasteiger partial charge in [-0.1, -0.05) is 12.1 Å². The van der Waals surface area contributed by atoms with Gasteiger partial charge in [0.05, 0.1) is 6.10 Å². The number of hydrogen-bond acceptors (Lipinski definition) is 3. The zero-order valence-corrected chi connectivity index (χ0v) is 10.0. The second-order valence-electron chi connectivity index (χ2n) is 4.57. The molecule has 3 heteroatoms. The number of benzene rings is 1. The maximum atomic E-state index is 9.73. The van der Waals surface area contributed by atoms with Crippen molar-refractivity contribution in [3.63, 3.8) is 0 Å². The van der Waals surface area contributed by atoms with Crippen molar-refractivity contribution >= 4 is 0 Å². The molecular weight excluding hydrogens is 226 g/mol. The molecule has 92 valence electrons. The average Bonchev–Trinajstić information content (AvgIpc) is 2.79. The van der Waals surface area contributed by atoms with Gasteiger partial charge in [0, 0.05) is 18.0 Å². The molecule has 0 unspecified atom stereocenters. The summed E-state index contributed by atoms with van der Waals surface area (Å²) in [6.45, 7) is 0.523. The Morgan fingerprint density at radius 2 is 2.28 bits per heavy atom. The second-order valence-corrected chi connectivity index (χ2v) is 4.57. The highest BCUT2D eigenvalue weighted by molar-refractivity contribution is 5.39. The molecule has 1 aromatic carbocycles. The molecule has 3 nitrogen and oxygen atoms in total. The molecule has 0 aliphatic heterocycles. The third-order valence-electron chi connectivity index (χ3n) is 3.29. The van der Waals surface area contributed by atoms with Gasteiger partial charge in [0.1, 0.15) is 12.4 Å². The van der Waals surface area contributed by atoms with Gasteiger partial charge in [0.15, 0.2) is 0 Å². The molecule has 1 heterocycles. The SMILES string of the molecule is O[C@H]1CCc2cc(OCc3cccnc3)ccc21. The summed E-state index contributed by atoms with van der Waals surface area (Å²) in [6.07, 6.45) is 5.01. The van der Waals surface area contributed by atoms with Crippen LogP contribution < -0.4 is 4.74 Å². The van der Waals surface area contributed by atoms with Gasteiger partial charge in [0.2, 0.25) is 0 Å². The third-order valence-corrected chi connectivity index (χ3v) is 3.29. The molecule has 0 bridgehead atoms. The lowest BCUT2D eigenvalue weighted by molar-refractivity contribution is 0.180. The van der Waals surface area contributed by atoms with E-state index in [0.717, 1.165) is 29.7 Å². The number of hydrogen-bond donors (Lipinski definition) is 1. The summed E-state index contributed by atoms with van der Waals surface area (Å²) in [5.74, 6) is 0.853. The number of rotatable bonds is 3. The molecule has 0 saturated heterocycles. The van der Waals surface area contributed by atoms with Crippen LogP contribution in [-0.4, -0.2) is 10.1 Å². The van der Waals surface area contributed by atoms with Crippen molar-refractivity contribution in [2.45, 2.75) is 25.6 Å². The van der Waals surface area contributed by atoms with Crippen LogP contribution in [0.1, 0.15) is 29.2 Å². The van der Waals surface area contributed by atoms with E-state index < -0.39 is 0 Å². The molecule has 18 heavy (non-hydrogen) atoms. The van der Waals surface area contributed by atoms with Crippen LogP contribution >= 0.6 is 0 Å². The van der Waals surface area contributed by atoms with Crippen molar-refractivity contribution in [2.75, 3.05) is 0 Å². The Balaban J connectivity index is 1.71. The minimum Gasteiger partial charge on any atom is -0.489 e. The van der Waals surface area contributed by atoms with Gasteiger partial charge in [-0.2, -0.15) is 0 Å². The highest BCUT2D eigenvalue weighted by Gasteiger charge is 2.20. The van der Waals surface area contributed by atoms with Crippen LogP contribution in [0.5, 0.6) is 5.75 Å². The van der Waals surface area contributed by atoms with Gasteiger partial charge < -0.3 is 9.84 Å². The molecule has 0 fully saturated rings. The van der Waals surface area contributed by atoms with Gasteiger partial charge in [0.25, 0.3) is 0 Å². The van der Waals surface area contributed by atoms with E-state index in [0.29, 0.717) is 6.61 Å². The molecule has 2 aromatic rings. The summed E-state index contributed by atoms with van der Waals surface area (Å²) in [5.41, 5.74) is 3.30. The lowest BCUT2D eigenvalue weighted by Gasteiger charge is -2.08. The van der Waals surface area contributed by atoms with Crippen molar-refractivity contribution in [2.24, 2.45) is 0 Å². The van der Waals surface area contributed by atoms with Crippen LogP contribution in [0, 0.1) is 0 Å². The first kappa shape index (κ1) is 11.2. The molecule has 1 N–H and O–H groups in total. The van der Waals surface area contributed by atoms with Crippen LogP contribution in [-0.2, 0) is 13.0 Å². The number of pyridine rings is 1. The largest absolute Gasteiger partial charge is 0.489 e. The fourth-order valence-corrected chi connectivity index (χ4v) is 2.31. The fraction of sp³-hybridized carbons (Fsp3) is 0.267. The van der Waals surface area contributed by atoms with Crippen LogP contribution in [0.4, 0.5) is 0 Å². The Kier molecular flexibility index (Phi) is 2.99. The standard InChI is InChI=1S/C15H15NO2/c17-15-6-3-12-8-13(4-5-14(12)15)18-10-11-2-1-7-16-9-11/h1-2,4-5,7-9,15,17H,3,6,10H2/t15-/m0/s1. The van der Waals surface area contributed by atoms with Gasteiger partial charge in [-0.25, -0.2) is 0 Å². The van der Waals surface area contributed by atoms with E-state index in [1.807, 2.05) is 30.3 Å². The molecule has 0 saturated carbocycles. The van der Waals surface area contributed by atoms with E-state index in [2.05, 4.69) is 4.98 Å². The normalized spacial score (nSPS) is 17.5. The Labute approximate surface area is 106 Å². The highest BCUT2D eigenvalue weighted by atomic mass is 16.5. The highest BCUT2D eigenvalue weighted by Crippen LogP contribution is 2.33. The first-order valence-electron chi connectivity index (χ1n) is 6.15. The minimum atomic E-state index is -0.299. The summed E-state index contributed by atoms with van der Waals surface area (Å²) >= 11 is 0. The molecular formula is C15H15NO2. The van der Waals surface area contributed by atoms with Crippen molar-refractivity contribution in [1.82, 2.24) is 4.98 Å². The number of aliphatic hydroxyl groups excluding tert-OH is 1. The first-order valence-corrected chi connectivity index (χ1v) is 6.15. The minimum absolute atomic E-state index is 0.299. The van der Waals surface area contributed by atoms with Crippen LogP contribution in [0.3, 0.4) is 0 Å². The zero-order chi connectivity index (χ0) is 12.4. The maximum absolute atomic E-state index is 9.73. The van der Waals surface area contributed by atoms with Crippen LogP contribution in [0.15, 0.2) is 42.7 Å². The predicted octanol–water partition coefficient (Wildman–Crippen LogP) is 2.64. The van der Waals surface area contributed by atoms with E-state index in [4.69, 9.17) is 4.74 Å². The van der Waals surface area contributed by atoms with Gasteiger partial charge in [-0.15, -0.1) is 0 Å². The number of ether oxygens (including phenoxy) is 1. The Morgan fingerprint density at radius 1 is 1.33 bits per heavy atom. The van der Waals surface area contributed by atoms with Gasteiger partial charge in [-0.05, 0) is 42.2 Å². The molecule has 1 aliphatic carbocycles. The van der Waals surface area contributed by atoms with E-state index in [9.17, 15) is 5.11 Å². The Morgan fingerprint density at radius 3 is 3.11 bits per heavy atom. The van der Waals surface area contributed by atoms with E-state index in [-0.39, 0.29) is 6.10 Å². The summed E-state index contributed by atoms with van der Waals surface area (Å²) in [7, 11) is 0. The fourth-order valence-electron chi connectivity index (χ4n) is 2.31. The number of aliphatic hydroxyl groups is 1. The molecule has 0 radical (unpaired) electrons. The molecule has 0 spiro atoms. The molecule has 1 aromatic heterocycles. The smallest absolute Gasteiger partial charge is 0.120 e. The van der Waals surface area contributed by atoms with Gasteiger partial charge in [-0.3, -0.25) is 4.98 Å². The van der Waals surface area contributed by atoms with Crippen molar-refractivity contribution in [3.05, 3.63) is 59.4 Å². The monoisotopic (exact) mass is 241 g/mol. The second kappa shape index (κ2) is 4.78. The molecule has 1 aliphatic rings. The molecule has 1 atom stereocenters. The predicted molar refractivity (Wildman–Crippen MR) is 68.3 cm³/mol. The zero-order valence-electron chi connectivity index (χ0n) is 10.0. The summed E-state index contributed by atoms with van der Waals surface area (Å²) < 4.78 is 5.73. The lowest BCUT2D eigenvalue weighted by atomic mass is 10.1. The number of fused-ring (bicyclic) bond motifs is 1. The van der Waals surface area contributed by atoms with E-state index in [1.54, 1.807) is 12.4 Å². The quantitative estimate of drug-likeness (QED) is 0.898. The van der Waals surface area contributed by atoms with Crippen molar-refractivity contribution < 1.29 is 9.84 Å². The van der Waals surface area contributed by atoms with Crippen molar-refractivity contribution in [3.8, 4) is 5.75 Å². The van der Waals surface area contributed by atoms with E-state index in [1.165, 1.54) is 5.56 Å².